The fraction of sp³-hybridized carbons (Fsp3) is 0.609. The van der Waals surface area contributed by atoms with Crippen molar-refractivity contribution in [2.24, 2.45) is 0 Å². The number of carbonyl (C=O) groups is 1. The summed E-state index contributed by atoms with van der Waals surface area (Å²) in [5.74, 6) is 1.14. The van der Waals surface area contributed by atoms with Gasteiger partial charge in [-0.25, -0.2) is 0 Å². The Kier molecular flexibility index (Phi) is 6.90. The summed E-state index contributed by atoms with van der Waals surface area (Å²) >= 11 is 1.37. The Morgan fingerprint density at radius 3 is 2.24 bits per heavy atom. The van der Waals surface area contributed by atoms with E-state index in [0.717, 1.165) is 36.8 Å². The van der Waals surface area contributed by atoms with E-state index in [1.54, 1.807) is 0 Å². The highest BCUT2D eigenvalue weighted by Gasteiger charge is 2.32. The van der Waals surface area contributed by atoms with E-state index >= 15 is 0 Å². The van der Waals surface area contributed by atoms with E-state index in [2.05, 4.69) is 15.1 Å². The van der Waals surface area contributed by atoms with Gasteiger partial charge in [0.25, 0.3) is 5.22 Å². The first kappa shape index (κ1) is 20.5. The van der Waals surface area contributed by atoms with E-state index in [1.807, 2.05) is 31.2 Å². The van der Waals surface area contributed by atoms with Gasteiger partial charge in [0.2, 0.25) is 11.8 Å². The zero-order valence-electron chi connectivity index (χ0n) is 17.3. The Hall–Kier alpha value is -1.82. The summed E-state index contributed by atoms with van der Waals surface area (Å²) in [6, 6.07) is 8.82. The summed E-state index contributed by atoms with van der Waals surface area (Å²) in [5.41, 5.74) is 2.05. The van der Waals surface area contributed by atoms with Gasteiger partial charge in [0.15, 0.2) is 0 Å². The molecule has 1 aromatic carbocycles. The minimum absolute atomic E-state index is 0.240. The fourth-order valence-corrected chi connectivity index (χ4v) is 5.44. The highest BCUT2D eigenvalue weighted by Crippen LogP contribution is 2.32. The number of aryl methyl sites for hydroxylation is 1. The topological polar surface area (TPSA) is 59.2 Å². The number of carbonyl (C=O) groups excluding carboxylic acids is 1. The Balaban J connectivity index is 1.42. The fourth-order valence-electron chi connectivity index (χ4n) is 4.81. The molecule has 2 aliphatic rings. The highest BCUT2D eigenvalue weighted by atomic mass is 32.2. The number of aromatic nitrogens is 2. The summed E-state index contributed by atoms with van der Waals surface area (Å²) in [6.07, 6.45) is 12.2. The normalized spacial score (nSPS) is 18.7. The SMILES string of the molecule is Cc1ccccc1-c1nnc(SCC(=O)N(C2CCCCC2)C2CCCCC2)o1. The number of benzene rings is 1. The van der Waals surface area contributed by atoms with E-state index in [1.165, 1.54) is 50.3 Å². The summed E-state index contributed by atoms with van der Waals surface area (Å²) in [4.78, 5) is 15.5. The molecule has 0 radical (unpaired) electrons. The van der Waals surface area contributed by atoms with Crippen LogP contribution in [0.15, 0.2) is 33.9 Å². The molecule has 2 saturated carbocycles. The Bertz CT molecular complexity index is 792. The highest BCUT2D eigenvalue weighted by molar-refractivity contribution is 7.99. The van der Waals surface area contributed by atoms with Gasteiger partial charge in [0.05, 0.1) is 5.75 Å². The van der Waals surface area contributed by atoms with Crippen molar-refractivity contribution in [2.75, 3.05) is 5.75 Å². The van der Waals surface area contributed by atoms with E-state index in [0.29, 0.717) is 29.0 Å². The predicted molar refractivity (Wildman–Crippen MR) is 116 cm³/mol. The van der Waals surface area contributed by atoms with Gasteiger partial charge in [-0.3, -0.25) is 4.79 Å². The van der Waals surface area contributed by atoms with Gasteiger partial charge in [0.1, 0.15) is 0 Å². The maximum atomic E-state index is 13.3. The van der Waals surface area contributed by atoms with Crippen LogP contribution in [0.25, 0.3) is 11.5 Å². The Morgan fingerprint density at radius 2 is 1.62 bits per heavy atom. The minimum Gasteiger partial charge on any atom is -0.411 e. The quantitative estimate of drug-likeness (QED) is 0.574. The molecule has 6 heteroatoms. The summed E-state index contributed by atoms with van der Waals surface area (Å²) in [6.45, 7) is 2.03. The van der Waals surface area contributed by atoms with Gasteiger partial charge in [-0.2, -0.15) is 0 Å². The molecule has 1 amide bonds. The lowest BCUT2D eigenvalue weighted by Gasteiger charge is -2.41. The van der Waals surface area contributed by atoms with Gasteiger partial charge in [-0.05, 0) is 44.2 Å². The van der Waals surface area contributed by atoms with Crippen molar-refractivity contribution in [1.82, 2.24) is 15.1 Å². The molecule has 1 aromatic heterocycles. The van der Waals surface area contributed by atoms with Crippen LogP contribution in [-0.4, -0.2) is 38.8 Å². The molecular weight excluding hydrogens is 382 g/mol. The monoisotopic (exact) mass is 413 g/mol. The average molecular weight is 414 g/mol. The number of thioether (sulfide) groups is 1. The van der Waals surface area contributed by atoms with Gasteiger partial charge in [-0.1, -0.05) is 68.5 Å². The van der Waals surface area contributed by atoms with Crippen LogP contribution in [0.3, 0.4) is 0 Å². The van der Waals surface area contributed by atoms with Gasteiger partial charge in [0, 0.05) is 17.6 Å². The number of hydrogen-bond acceptors (Lipinski definition) is 5. The molecule has 0 aliphatic heterocycles. The predicted octanol–water partition coefficient (Wildman–Crippen LogP) is 5.63. The number of rotatable bonds is 6. The van der Waals surface area contributed by atoms with Crippen molar-refractivity contribution in [3.8, 4) is 11.5 Å². The van der Waals surface area contributed by atoms with Crippen LogP contribution in [0.4, 0.5) is 0 Å². The molecular formula is C23H31N3O2S. The second-order valence-electron chi connectivity index (χ2n) is 8.36. The van der Waals surface area contributed by atoms with Crippen LogP contribution in [0.1, 0.15) is 69.8 Å². The molecule has 0 bridgehead atoms. The Morgan fingerprint density at radius 1 is 1.00 bits per heavy atom. The van der Waals surface area contributed by atoms with Crippen LogP contribution < -0.4 is 0 Å². The van der Waals surface area contributed by atoms with Crippen LogP contribution in [0.2, 0.25) is 0 Å². The van der Waals surface area contributed by atoms with E-state index < -0.39 is 0 Å². The third-order valence-electron chi connectivity index (χ3n) is 6.33. The number of nitrogens with zero attached hydrogens (tertiary/aromatic N) is 3. The lowest BCUT2D eigenvalue weighted by molar-refractivity contribution is -0.135. The minimum atomic E-state index is 0.240. The van der Waals surface area contributed by atoms with Crippen LogP contribution >= 0.6 is 11.8 Å². The van der Waals surface area contributed by atoms with Crippen molar-refractivity contribution >= 4 is 17.7 Å². The molecule has 29 heavy (non-hydrogen) atoms. The first-order valence-electron chi connectivity index (χ1n) is 11.1. The molecule has 5 nitrogen and oxygen atoms in total. The first-order valence-corrected chi connectivity index (χ1v) is 12.0. The van der Waals surface area contributed by atoms with Gasteiger partial charge >= 0.3 is 0 Å². The van der Waals surface area contributed by atoms with Gasteiger partial charge < -0.3 is 9.32 Å². The molecule has 0 spiro atoms. The van der Waals surface area contributed by atoms with Crippen molar-refractivity contribution in [3.63, 3.8) is 0 Å². The molecule has 0 atom stereocenters. The molecule has 2 aliphatic carbocycles. The zero-order valence-corrected chi connectivity index (χ0v) is 18.1. The zero-order chi connectivity index (χ0) is 20.1. The van der Waals surface area contributed by atoms with Crippen molar-refractivity contribution < 1.29 is 9.21 Å². The lowest BCUT2D eigenvalue weighted by Crippen LogP contribution is -2.49. The summed E-state index contributed by atoms with van der Waals surface area (Å²) in [5, 5.41) is 8.83. The molecule has 1 heterocycles. The van der Waals surface area contributed by atoms with Crippen molar-refractivity contribution in [3.05, 3.63) is 29.8 Å². The summed E-state index contributed by atoms with van der Waals surface area (Å²) < 4.78 is 5.84. The van der Waals surface area contributed by atoms with E-state index in [4.69, 9.17) is 4.42 Å². The maximum Gasteiger partial charge on any atom is 0.277 e. The van der Waals surface area contributed by atoms with Gasteiger partial charge in [-0.15, -0.1) is 10.2 Å². The molecule has 0 saturated heterocycles. The van der Waals surface area contributed by atoms with E-state index in [9.17, 15) is 4.79 Å². The summed E-state index contributed by atoms with van der Waals surface area (Å²) in [7, 11) is 0. The number of amides is 1. The largest absolute Gasteiger partial charge is 0.411 e. The standard InChI is InChI=1S/C23H31N3O2S/c1-17-10-8-9-15-20(17)22-24-25-23(28-22)29-16-21(27)26(18-11-4-2-5-12-18)19-13-6-3-7-14-19/h8-10,15,18-19H,2-7,11-14,16H2,1H3. The molecule has 0 unspecified atom stereocenters. The Labute approximate surface area is 177 Å². The van der Waals surface area contributed by atoms with Crippen LogP contribution in [0.5, 0.6) is 0 Å². The second kappa shape index (κ2) is 9.79. The molecule has 2 aromatic rings. The first-order chi connectivity index (χ1) is 14.2. The lowest BCUT2D eigenvalue weighted by atomic mass is 9.88. The van der Waals surface area contributed by atoms with Crippen LogP contribution in [-0.2, 0) is 4.79 Å². The van der Waals surface area contributed by atoms with E-state index in [-0.39, 0.29) is 5.91 Å². The number of hydrogen-bond donors (Lipinski definition) is 0. The average Bonchev–Trinajstić information content (AvgIpc) is 3.23. The smallest absolute Gasteiger partial charge is 0.277 e. The van der Waals surface area contributed by atoms with Crippen molar-refractivity contribution in [2.45, 2.75) is 88.4 Å². The molecule has 2 fully saturated rings. The maximum absolute atomic E-state index is 13.3. The van der Waals surface area contributed by atoms with Crippen molar-refractivity contribution in [1.29, 1.82) is 0 Å². The third kappa shape index (κ3) is 5.03. The molecule has 4 rings (SSSR count). The second-order valence-corrected chi connectivity index (χ2v) is 9.29. The third-order valence-corrected chi connectivity index (χ3v) is 7.13. The molecule has 156 valence electrons. The van der Waals surface area contributed by atoms with Crippen LogP contribution in [0, 0.1) is 6.92 Å². The molecule has 0 N–H and O–H groups in total.